The molecule has 0 saturated heterocycles. The molecule has 5 heteroatoms. The van der Waals surface area contributed by atoms with Crippen LogP contribution in [0.1, 0.15) is 49.9 Å². The van der Waals surface area contributed by atoms with Crippen molar-refractivity contribution in [3.8, 4) is 0 Å². The first-order valence-electron chi connectivity index (χ1n) is 7.53. The van der Waals surface area contributed by atoms with Gasteiger partial charge in [-0.05, 0) is 56.0 Å². The molecule has 0 radical (unpaired) electrons. The van der Waals surface area contributed by atoms with E-state index in [1.54, 1.807) is 0 Å². The van der Waals surface area contributed by atoms with Gasteiger partial charge in [-0.1, -0.05) is 25.3 Å². The van der Waals surface area contributed by atoms with E-state index < -0.39 is 0 Å². The van der Waals surface area contributed by atoms with E-state index >= 15 is 0 Å². The predicted molar refractivity (Wildman–Crippen MR) is 93.1 cm³/mol. The molecule has 0 aromatic heterocycles. The maximum atomic E-state index is 11.4. The minimum atomic E-state index is -0.138. The summed E-state index contributed by atoms with van der Waals surface area (Å²) >= 11 is 1.28. The Bertz CT molecular complexity index is 706. The Morgan fingerprint density at radius 3 is 2.77 bits per heavy atom. The van der Waals surface area contributed by atoms with Gasteiger partial charge in [0.1, 0.15) is 0 Å². The Hall–Kier alpha value is -1.75. The zero-order chi connectivity index (χ0) is 16.1. The number of nitrogens with zero attached hydrogens (tertiary/aromatic N) is 1. The van der Waals surface area contributed by atoms with Crippen LogP contribution in [0, 0.1) is 0 Å². The van der Waals surface area contributed by atoms with Crippen LogP contribution in [0.5, 0.6) is 0 Å². The monoisotopic (exact) mass is 315 g/mol. The Balaban J connectivity index is 2.16. The summed E-state index contributed by atoms with van der Waals surface area (Å²) in [6.07, 6.45) is 0.939. The topological polar surface area (TPSA) is 53.5 Å². The zero-order valence-electron chi connectivity index (χ0n) is 13.4. The molecule has 2 heterocycles. The number of carbonyl (C=O) groups is 1. The Morgan fingerprint density at radius 1 is 1.41 bits per heavy atom. The van der Waals surface area contributed by atoms with Crippen molar-refractivity contribution in [1.82, 2.24) is 10.7 Å². The molecule has 2 aliphatic heterocycles. The van der Waals surface area contributed by atoms with E-state index in [4.69, 9.17) is 0 Å². The lowest BCUT2D eigenvalue weighted by atomic mass is 9.87. The van der Waals surface area contributed by atoms with E-state index in [9.17, 15) is 4.79 Å². The van der Waals surface area contributed by atoms with Crippen LogP contribution in [0.2, 0.25) is 0 Å². The van der Waals surface area contributed by atoms with Crippen LogP contribution < -0.4 is 10.7 Å². The van der Waals surface area contributed by atoms with Gasteiger partial charge >= 0.3 is 0 Å². The summed E-state index contributed by atoms with van der Waals surface area (Å²) < 4.78 is 0. The zero-order valence-corrected chi connectivity index (χ0v) is 14.2. The predicted octanol–water partition coefficient (Wildman–Crippen LogP) is 3.61. The highest BCUT2D eigenvalue weighted by Crippen LogP contribution is 2.39. The molecule has 2 N–H and O–H groups in total. The van der Waals surface area contributed by atoms with Crippen LogP contribution >= 0.6 is 11.8 Å². The Labute approximate surface area is 135 Å². The number of hydrogen-bond acceptors (Lipinski definition) is 4. The summed E-state index contributed by atoms with van der Waals surface area (Å²) in [6, 6.07) is 4.37. The molecule has 1 aromatic carbocycles. The average Bonchev–Trinajstić information content (AvgIpc) is 2.68. The van der Waals surface area contributed by atoms with Crippen molar-refractivity contribution in [2.45, 2.75) is 44.9 Å². The number of hydrogen-bond donors (Lipinski definition) is 2. The highest BCUT2D eigenvalue weighted by Gasteiger charge is 2.34. The first-order valence-corrected chi connectivity index (χ1v) is 8.41. The first-order chi connectivity index (χ1) is 10.3. The van der Waals surface area contributed by atoms with Crippen molar-refractivity contribution in [2.75, 3.05) is 0 Å². The highest BCUT2D eigenvalue weighted by molar-refractivity contribution is 8.14. The van der Waals surface area contributed by atoms with E-state index in [0.29, 0.717) is 0 Å². The summed E-state index contributed by atoms with van der Waals surface area (Å²) in [5, 5.41) is 7.71. The SMILES string of the molecule is C=C1NC(C)(C)c2cc(C3=NNC(=O)SC3C)cc(CC)c21. The number of thioether (sulfide) groups is 1. The van der Waals surface area contributed by atoms with Crippen LogP contribution in [-0.2, 0) is 12.0 Å². The van der Waals surface area contributed by atoms with Gasteiger partial charge in [-0.3, -0.25) is 4.79 Å². The van der Waals surface area contributed by atoms with E-state index in [2.05, 4.69) is 55.3 Å². The Kier molecular flexibility index (Phi) is 3.56. The first kappa shape index (κ1) is 15.2. The van der Waals surface area contributed by atoms with E-state index in [1.807, 2.05) is 6.92 Å². The molecule has 116 valence electrons. The second-order valence-corrected chi connectivity index (χ2v) is 7.61. The third kappa shape index (κ3) is 2.33. The molecule has 1 atom stereocenters. The van der Waals surface area contributed by atoms with Crippen LogP contribution in [-0.4, -0.2) is 16.2 Å². The molecule has 4 nitrogen and oxygen atoms in total. The van der Waals surface area contributed by atoms with Gasteiger partial charge in [-0.2, -0.15) is 5.10 Å². The minimum Gasteiger partial charge on any atom is -0.376 e. The molecule has 0 fully saturated rings. The van der Waals surface area contributed by atoms with Crippen molar-refractivity contribution in [2.24, 2.45) is 5.10 Å². The van der Waals surface area contributed by atoms with Gasteiger partial charge < -0.3 is 5.32 Å². The summed E-state index contributed by atoms with van der Waals surface area (Å²) in [5.41, 5.74) is 9.19. The maximum absolute atomic E-state index is 11.4. The number of fused-ring (bicyclic) bond motifs is 1. The molecule has 0 spiro atoms. The van der Waals surface area contributed by atoms with E-state index in [1.165, 1.54) is 28.5 Å². The summed E-state index contributed by atoms with van der Waals surface area (Å²) in [7, 11) is 0. The number of hydrazone groups is 1. The minimum absolute atomic E-state index is 0.0529. The smallest absolute Gasteiger partial charge is 0.299 e. The molecule has 3 rings (SSSR count). The molecule has 2 aliphatic rings. The molecule has 1 amide bonds. The quantitative estimate of drug-likeness (QED) is 0.876. The van der Waals surface area contributed by atoms with Gasteiger partial charge in [0.2, 0.25) is 0 Å². The molecule has 0 bridgehead atoms. The van der Waals surface area contributed by atoms with E-state index in [0.717, 1.165) is 23.4 Å². The lowest BCUT2D eigenvalue weighted by Gasteiger charge is -2.23. The molecular formula is C17H21N3OS. The molecular weight excluding hydrogens is 294 g/mol. The number of rotatable bonds is 2. The Morgan fingerprint density at radius 2 is 2.14 bits per heavy atom. The molecule has 1 unspecified atom stereocenters. The summed E-state index contributed by atoms with van der Waals surface area (Å²) in [5.74, 6) is 0. The summed E-state index contributed by atoms with van der Waals surface area (Å²) in [4.78, 5) is 11.4. The third-order valence-electron chi connectivity index (χ3n) is 4.27. The summed E-state index contributed by atoms with van der Waals surface area (Å²) in [6.45, 7) is 12.7. The lowest BCUT2D eigenvalue weighted by Crippen LogP contribution is -2.31. The fourth-order valence-electron chi connectivity index (χ4n) is 3.22. The van der Waals surface area contributed by atoms with Gasteiger partial charge in [0, 0.05) is 11.3 Å². The number of benzene rings is 1. The second kappa shape index (κ2) is 5.16. The van der Waals surface area contributed by atoms with Gasteiger partial charge in [0.05, 0.1) is 16.5 Å². The maximum Gasteiger partial charge on any atom is 0.299 e. The highest BCUT2D eigenvalue weighted by atomic mass is 32.2. The number of carbonyl (C=O) groups excluding carboxylic acids is 1. The standard InChI is InChI=1S/C17H21N3OS/c1-6-11-7-12(15-10(3)22-16(21)20-19-15)8-13-14(11)9(2)18-17(13,4)5/h7-8,10,18H,2,6H2,1,3-5H3,(H,20,21). The van der Waals surface area contributed by atoms with Crippen molar-refractivity contribution < 1.29 is 4.79 Å². The molecule has 0 aliphatic carbocycles. The fraction of sp³-hybridized carbons (Fsp3) is 0.412. The van der Waals surface area contributed by atoms with Gasteiger partial charge in [0.25, 0.3) is 5.24 Å². The number of amides is 1. The van der Waals surface area contributed by atoms with Gasteiger partial charge in [-0.25, -0.2) is 5.43 Å². The fourth-order valence-corrected chi connectivity index (χ4v) is 3.94. The number of aryl methyl sites for hydroxylation is 1. The third-order valence-corrected chi connectivity index (χ3v) is 5.15. The molecule has 22 heavy (non-hydrogen) atoms. The van der Waals surface area contributed by atoms with Crippen molar-refractivity contribution in [1.29, 1.82) is 0 Å². The largest absolute Gasteiger partial charge is 0.376 e. The van der Waals surface area contributed by atoms with Crippen molar-refractivity contribution in [3.05, 3.63) is 41.0 Å². The average molecular weight is 315 g/mol. The molecule has 0 saturated carbocycles. The van der Waals surface area contributed by atoms with Crippen LogP contribution in [0.3, 0.4) is 0 Å². The number of nitrogens with one attached hydrogen (secondary N) is 2. The van der Waals surface area contributed by atoms with Crippen LogP contribution in [0.4, 0.5) is 4.79 Å². The molecule has 1 aromatic rings. The normalized spacial score (nSPS) is 22.7. The lowest BCUT2D eigenvalue weighted by molar-refractivity contribution is 0.261. The van der Waals surface area contributed by atoms with Crippen LogP contribution in [0.25, 0.3) is 5.70 Å². The van der Waals surface area contributed by atoms with Crippen molar-refractivity contribution in [3.63, 3.8) is 0 Å². The van der Waals surface area contributed by atoms with Gasteiger partial charge in [-0.15, -0.1) is 0 Å². The van der Waals surface area contributed by atoms with Crippen LogP contribution in [0.15, 0.2) is 23.8 Å². The second-order valence-electron chi connectivity index (χ2n) is 6.30. The van der Waals surface area contributed by atoms with E-state index in [-0.39, 0.29) is 16.0 Å². The van der Waals surface area contributed by atoms with Gasteiger partial charge in [0.15, 0.2) is 0 Å². The van der Waals surface area contributed by atoms with Crippen molar-refractivity contribution >= 4 is 28.4 Å².